The highest BCUT2D eigenvalue weighted by Crippen LogP contribution is 2.19. The largest absolute Gasteiger partial charge is 0.462 e. The third kappa shape index (κ3) is 4.53. The van der Waals surface area contributed by atoms with Gasteiger partial charge in [-0.05, 0) is 31.9 Å². The SMILES string of the molecule is O=C(OCCC1CCCCCN1)c1ccccc1[N+](=O)[O-]. The van der Waals surface area contributed by atoms with E-state index >= 15 is 0 Å². The number of rotatable bonds is 5. The number of benzene rings is 1. The minimum absolute atomic E-state index is 0.0105. The minimum Gasteiger partial charge on any atom is -0.462 e. The van der Waals surface area contributed by atoms with Crippen molar-refractivity contribution in [3.63, 3.8) is 0 Å². The van der Waals surface area contributed by atoms with Gasteiger partial charge in [0.05, 0.1) is 11.5 Å². The van der Waals surface area contributed by atoms with Gasteiger partial charge in [-0.25, -0.2) is 4.79 Å². The first kappa shape index (κ1) is 15.4. The Bertz CT molecular complexity index is 496. The summed E-state index contributed by atoms with van der Waals surface area (Å²) < 4.78 is 5.18. The lowest BCUT2D eigenvalue weighted by Crippen LogP contribution is -2.29. The van der Waals surface area contributed by atoms with E-state index in [0.29, 0.717) is 6.04 Å². The lowest BCUT2D eigenvalue weighted by atomic mass is 10.1. The van der Waals surface area contributed by atoms with Crippen molar-refractivity contribution in [2.24, 2.45) is 0 Å². The van der Waals surface area contributed by atoms with Crippen molar-refractivity contribution in [1.29, 1.82) is 0 Å². The number of nitro groups is 1. The number of carbonyl (C=O) groups is 1. The zero-order chi connectivity index (χ0) is 15.1. The van der Waals surface area contributed by atoms with Crippen LogP contribution < -0.4 is 5.32 Å². The molecule has 114 valence electrons. The lowest BCUT2D eigenvalue weighted by molar-refractivity contribution is -0.385. The summed E-state index contributed by atoms with van der Waals surface area (Å²) in [4.78, 5) is 22.2. The predicted molar refractivity (Wildman–Crippen MR) is 78.3 cm³/mol. The molecule has 1 aliphatic heterocycles. The average Bonchev–Trinajstić information content (AvgIpc) is 2.76. The fourth-order valence-corrected chi connectivity index (χ4v) is 2.52. The van der Waals surface area contributed by atoms with Crippen LogP contribution >= 0.6 is 0 Å². The molecule has 0 bridgehead atoms. The molecule has 1 unspecified atom stereocenters. The molecule has 6 heteroatoms. The number of para-hydroxylation sites is 1. The summed E-state index contributed by atoms with van der Waals surface area (Å²) in [5.74, 6) is -0.629. The van der Waals surface area contributed by atoms with E-state index in [1.165, 1.54) is 37.5 Å². The zero-order valence-corrected chi connectivity index (χ0v) is 11.9. The predicted octanol–water partition coefficient (Wildman–Crippen LogP) is 2.67. The molecule has 0 aromatic heterocycles. The van der Waals surface area contributed by atoms with E-state index in [4.69, 9.17) is 4.74 Å². The molecule has 1 fully saturated rings. The van der Waals surface area contributed by atoms with Crippen LogP contribution in [0.1, 0.15) is 42.5 Å². The molecule has 1 heterocycles. The molecule has 6 nitrogen and oxygen atoms in total. The van der Waals surface area contributed by atoms with Crippen LogP contribution in [0, 0.1) is 10.1 Å². The molecule has 0 radical (unpaired) electrons. The van der Waals surface area contributed by atoms with Gasteiger partial charge in [-0.2, -0.15) is 0 Å². The van der Waals surface area contributed by atoms with Crippen molar-refractivity contribution in [3.8, 4) is 0 Å². The summed E-state index contributed by atoms with van der Waals surface area (Å²) in [5.41, 5.74) is -0.202. The van der Waals surface area contributed by atoms with Crippen LogP contribution in [0.3, 0.4) is 0 Å². The molecule has 1 N–H and O–H groups in total. The third-order valence-corrected chi connectivity index (χ3v) is 3.68. The van der Waals surface area contributed by atoms with Crippen LogP contribution in [-0.4, -0.2) is 30.1 Å². The molecule has 0 amide bonds. The lowest BCUT2D eigenvalue weighted by Gasteiger charge is -2.15. The second kappa shape index (κ2) is 7.73. The van der Waals surface area contributed by atoms with Crippen molar-refractivity contribution in [3.05, 3.63) is 39.9 Å². The maximum Gasteiger partial charge on any atom is 0.345 e. The number of ether oxygens (including phenoxy) is 1. The summed E-state index contributed by atoms with van der Waals surface area (Å²) in [7, 11) is 0. The fourth-order valence-electron chi connectivity index (χ4n) is 2.52. The Labute approximate surface area is 123 Å². The monoisotopic (exact) mass is 292 g/mol. The molecule has 0 aliphatic carbocycles. The van der Waals surface area contributed by atoms with Crippen molar-refractivity contribution in [2.45, 2.75) is 38.1 Å². The van der Waals surface area contributed by atoms with Crippen molar-refractivity contribution in [2.75, 3.05) is 13.2 Å². The summed E-state index contributed by atoms with van der Waals surface area (Å²) in [5, 5.41) is 14.3. The van der Waals surface area contributed by atoms with E-state index in [0.717, 1.165) is 19.4 Å². The first-order valence-electron chi connectivity index (χ1n) is 7.32. The number of nitrogens with zero attached hydrogens (tertiary/aromatic N) is 1. The number of nitro benzene ring substituents is 1. The van der Waals surface area contributed by atoms with Gasteiger partial charge in [-0.3, -0.25) is 10.1 Å². The van der Waals surface area contributed by atoms with E-state index < -0.39 is 10.9 Å². The van der Waals surface area contributed by atoms with Crippen molar-refractivity contribution < 1.29 is 14.5 Å². The second-order valence-electron chi connectivity index (χ2n) is 5.20. The Morgan fingerprint density at radius 2 is 2.14 bits per heavy atom. The normalized spacial score (nSPS) is 18.8. The molecular formula is C15H20N2O4. The van der Waals surface area contributed by atoms with Gasteiger partial charge < -0.3 is 10.1 Å². The topological polar surface area (TPSA) is 81.5 Å². The Balaban J connectivity index is 1.86. The number of hydrogen-bond donors (Lipinski definition) is 1. The molecule has 1 atom stereocenters. The van der Waals surface area contributed by atoms with Gasteiger partial charge in [0.25, 0.3) is 5.69 Å². The van der Waals surface area contributed by atoms with Crippen LogP contribution in [0.4, 0.5) is 5.69 Å². The van der Waals surface area contributed by atoms with Gasteiger partial charge >= 0.3 is 5.97 Å². The highest BCUT2D eigenvalue weighted by Gasteiger charge is 2.20. The second-order valence-corrected chi connectivity index (χ2v) is 5.20. The van der Waals surface area contributed by atoms with Gasteiger partial charge in [0.15, 0.2) is 0 Å². The molecular weight excluding hydrogens is 272 g/mol. The number of esters is 1. The van der Waals surface area contributed by atoms with Gasteiger partial charge in [0, 0.05) is 12.1 Å². The first-order valence-corrected chi connectivity index (χ1v) is 7.32. The smallest absolute Gasteiger partial charge is 0.345 e. The Hall–Kier alpha value is -1.95. The van der Waals surface area contributed by atoms with Crippen molar-refractivity contribution >= 4 is 11.7 Å². The number of hydrogen-bond acceptors (Lipinski definition) is 5. The molecule has 0 spiro atoms. The van der Waals surface area contributed by atoms with Crippen LogP contribution in [0.25, 0.3) is 0 Å². The molecule has 1 aliphatic rings. The van der Waals surface area contributed by atoms with E-state index in [9.17, 15) is 14.9 Å². The quantitative estimate of drug-likeness (QED) is 0.512. The Morgan fingerprint density at radius 1 is 1.33 bits per heavy atom. The van der Waals surface area contributed by atoms with Gasteiger partial charge in [-0.1, -0.05) is 25.0 Å². The van der Waals surface area contributed by atoms with Gasteiger partial charge in [0.1, 0.15) is 5.56 Å². The summed E-state index contributed by atoms with van der Waals surface area (Å²) in [6.07, 6.45) is 5.44. The molecule has 2 rings (SSSR count). The van der Waals surface area contributed by atoms with E-state index in [1.54, 1.807) is 6.07 Å². The standard InChI is InChI=1S/C15H20N2O4/c18-15(13-7-3-4-8-14(13)17(19)20)21-11-9-12-6-2-1-5-10-16-12/h3-4,7-8,12,16H,1-2,5-6,9-11H2. The summed E-state index contributed by atoms with van der Waals surface area (Å²) >= 11 is 0. The van der Waals surface area contributed by atoms with Gasteiger partial charge in [0.2, 0.25) is 0 Å². The zero-order valence-electron chi connectivity index (χ0n) is 11.9. The summed E-state index contributed by atoms with van der Waals surface area (Å²) in [6.45, 7) is 1.28. The summed E-state index contributed by atoms with van der Waals surface area (Å²) in [6, 6.07) is 6.22. The maximum absolute atomic E-state index is 11.9. The highest BCUT2D eigenvalue weighted by molar-refractivity contribution is 5.93. The molecule has 1 aromatic carbocycles. The highest BCUT2D eigenvalue weighted by atomic mass is 16.6. The third-order valence-electron chi connectivity index (χ3n) is 3.68. The number of nitrogens with one attached hydrogen (secondary N) is 1. The Kier molecular flexibility index (Phi) is 5.68. The van der Waals surface area contributed by atoms with E-state index in [2.05, 4.69) is 5.32 Å². The molecule has 1 saturated heterocycles. The first-order chi connectivity index (χ1) is 10.2. The minimum atomic E-state index is -0.629. The Morgan fingerprint density at radius 3 is 2.95 bits per heavy atom. The van der Waals surface area contributed by atoms with Crippen LogP contribution in [0.2, 0.25) is 0 Å². The van der Waals surface area contributed by atoms with Crippen LogP contribution in [-0.2, 0) is 4.74 Å². The van der Waals surface area contributed by atoms with Crippen LogP contribution in [0.5, 0.6) is 0 Å². The molecule has 1 aromatic rings. The molecule has 21 heavy (non-hydrogen) atoms. The van der Waals surface area contributed by atoms with E-state index in [1.807, 2.05) is 0 Å². The fraction of sp³-hybridized carbons (Fsp3) is 0.533. The number of carbonyl (C=O) groups excluding carboxylic acids is 1. The molecule has 0 saturated carbocycles. The average molecular weight is 292 g/mol. The van der Waals surface area contributed by atoms with Crippen LogP contribution in [0.15, 0.2) is 24.3 Å². The maximum atomic E-state index is 11.9. The van der Waals surface area contributed by atoms with Gasteiger partial charge in [-0.15, -0.1) is 0 Å². The van der Waals surface area contributed by atoms with E-state index in [-0.39, 0.29) is 17.9 Å². The van der Waals surface area contributed by atoms with Crippen molar-refractivity contribution in [1.82, 2.24) is 5.32 Å².